The van der Waals surface area contributed by atoms with E-state index in [2.05, 4.69) is 25.1 Å². The van der Waals surface area contributed by atoms with E-state index in [4.69, 9.17) is 9.47 Å². The lowest BCUT2D eigenvalue weighted by atomic mass is 9.78. The van der Waals surface area contributed by atoms with Gasteiger partial charge in [0.25, 0.3) is 0 Å². The van der Waals surface area contributed by atoms with Crippen LogP contribution in [-0.4, -0.2) is 70.7 Å². The zero-order chi connectivity index (χ0) is 25.3. The molecule has 1 aliphatic heterocycles. The van der Waals surface area contributed by atoms with Crippen molar-refractivity contribution in [2.45, 2.75) is 57.5 Å². The molecule has 3 aliphatic rings. The number of aliphatic hydroxyl groups is 2. The fraction of sp³-hybridized carbons (Fsp3) is 0.640. The van der Waals surface area contributed by atoms with E-state index in [0.717, 1.165) is 5.57 Å². The highest BCUT2D eigenvalue weighted by Gasteiger charge is 2.59. The van der Waals surface area contributed by atoms with E-state index >= 15 is 0 Å². The van der Waals surface area contributed by atoms with Gasteiger partial charge in [0.1, 0.15) is 18.2 Å². The number of esters is 2. The first-order valence-electron chi connectivity index (χ1n) is 11.7. The molecule has 8 atom stereocenters. The van der Waals surface area contributed by atoms with Crippen LogP contribution >= 0.6 is 0 Å². The number of ether oxygens (including phenoxy) is 2. The molecule has 3 fully saturated rings. The normalized spacial score (nSPS) is 33.7. The molecule has 0 amide bonds. The number of carboxylic acid groups (broad SMARTS) is 1. The molecule has 0 spiro atoms. The van der Waals surface area contributed by atoms with Crippen molar-refractivity contribution in [1.82, 2.24) is 5.32 Å². The molecule has 0 aromatic carbocycles. The Morgan fingerprint density at radius 2 is 1.97 bits per heavy atom. The van der Waals surface area contributed by atoms with Crippen molar-refractivity contribution in [3.05, 3.63) is 36.5 Å². The van der Waals surface area contributed by atoms with Crippen LogP contribution in [0.15, 0.2) is 36.5 Å². The van der Waals surface area contributed by atoms with Gasteiger partial charge >= 0.3 is 17.9 Å². The minimum atomic E-state index is -1.01. The van der Waals surface area contributed by atoms with E-state index in [-0.39, 0.29) is 36.3 Å². The van der Waals surface area contributed by atoms with Gasteiger partial charge in [-0.25, -0.2) is 4.79 Å². The Hall–Kier alpha value is -2.49. The number of fused-ring (bicyclic) bond motifs is 3. The lowest BCUT2D eigenvalue weighted by Gasteiger charge is -2.31. The number of aliphatic carboxylic acids is 1. The number of aliphatic hydroxyl groups excluding tert-OH is 2. The molecule has 2 saturated carbocycles. The smallest absolute Gasteiger partial charge is 0.336 e. The monoisotopic (exact) mass is 477 g/mol. The highest BCUT2D eigenvalue weighted by molar-refractivity contribution is 5.88. The molecular weight excluding hydrogens is 442 g/mol. The van der Waals surface area contributed by atoms with Crippen LogP contribution in [0.5, 0.6) is 0 Å². The third-order valence-electron chi connectivity index (χ3n) is 7.26. The van der Waals surface area contributed by atoms with Crippen molar-refractivity contribution >= 4 is 17.9 Å². The van der Waals surface area contributed by atoms with Crippen molar-refractivity contribution in [3.8, 4) is 0 Å². The summed E-state index contributed by atoms with van der Waals surface area (Å²) in [6, 6.07) is -0.848. The average molecular weight is 478 g/mol. The third-order valence-corrected chi connectivity index (χ3v) is 7.26. The SMILES string of the molecule is C=C(CO)C(=O)O[C@H]1CC(=C)[C@@H]2C[C@H](O)C(=C)[C@@H]2[C@H]2OC(=O)[C@@H](CNC(CC(C)C)C(=O)O)[C@@H]21. The van der Waals surface area contributed by atoms with Gasteiger partial charge in [-0.2, -0.15) is 0 Å². The third kappa shape index (κ3) is 5.11. The molecule has 4 N–H and O–H groups in total. The molecule has 1 heterocycles. The van der Waals surface area contributed by atoms with Gasteiger partial charge in [0.05, 0.1) is 24.2 Å². The van der Waals surface area contributed by atoms with E-state index in [0.29, 0.717) is 18.4 Å². The molecule has 0 aromatic rings. The molecule has 1 saturated heterocycles. The summed E-state index contributed by atoms with van der Waals surface area (Å²) in [6.45, 7) is 15.0. The molecule has 9 nitrogen and oxygen atoms in total. The van der Waals surface area contributed by atoms with Crippen LogP contribution in [0.3, 0.4) is 0 Å². The summed E-state index contributed by atoms with van der Waals surface area (Å²) < 4.78 is 11.5. The summed E-state index contributed by atoms with van der Waals surface area (Å²) >= 11 is 0. The Morgan fingerprint density at radius 1 is 1.29 bits per heavy atom. The highest BCUT2D eigenvalue weighted by Crippen LogP contribution is 2.53. The minimum absolute atomic E-state index is 0.0254. The van der Waals surface area contributed by atoms with Gasteiger partial charge in [-0.05, 0) is 30.3 Å². The molecule has 3 rings (SSSR count). The Balaban J connectivity index is 1.93. The molecule has 0 aromatic heterocycles. The van der Waals surface area contributed by atoms with Crippen LogP contribution in [0, 0.1) is 29.6 Å². The fourth-order valence-corrected chi connectivity index (χ4v) is 5.53. The molecule has 1 unspecified atom stereocenters. The second-order valence-corrected chi connectivity index (χ2v) is 10.0. The Bertz CT molecular complexity index is 880. The van der Waals surface area contributed by atoms with E-state index in [1.165, 1.54) is 0 Å². The topological polar surface area (TPSA) is 142 Å². The summed E-state index contributed by atoms with van der Waals surface area (Å²) in [6.07, 6.45) is -1.24. The molecule has 188 valence electrons. The molecule has 0 radical (unpaired) electrons. The largest absolute Gasteiger partial charge is 0.480 e. The quantitative estimate of drug-likeness (QED) is 0.219. The number of carboxylic acids is 1. The first-order chi connectivity index (χ1) is 16.0. The minimum Gasteiger partial charge on any atom is -0.480 e. The van der Waals surface area contributed by atoms with Gasteiger partial charge in [0, 0.05) is 24.8 Å². The predicted molar refractivity (Wildman–Crippen MR) is 122 cm³/mol. The molecule has 9 heteroatoms. The summed E-state index contributed by atoms with van der Waals surface area (Å²) in [4.78, 5) is 37.2. The van der Waals surface area contributed by atoms with Crippen molar-refractivity contribution < 1.29 is 39.2 Å². The number of nitrogens with one attached hydrogen (secondary N) is 1. The first-order valence-corrected chi connectivity index (χ1v) is 11.7. The van der Waals surface area contributed by atoms with Crippen LogP contribution < -0.4 is 5.32 Å². The Kier molecular flexibility index (Phi) is 8.00. The van der Waals surface area contributed by atoms with Gasteiger partial charge in [0.2, 0.25) is 0 Å². The van der Waals surface area contributed by atoms with Gasteiger partial charge < -0.3 is 30.1 Å². The predicted octanol–water partition coefficient (Wildman–Crippen LogP) is 1.21. The number of carbonyl (C=O) groups excluding carboxylic acids is 2. The van der Waals surface area contributed by atoms with E-state index < -0.39 is 60.7 Å². The summed E-state index contributed by atoms with van der Waals surface area (Å²) in [7, 11) is 0. The zero-order valence-electron chi connectivity index (χ0n) is 19.7. The zero-order valence-corrected chi connectivity index (χ0v) is 19.7. The van der Waals surface area contributed by atoms with Crippen LogP contribution in [0.25, 0.3) is 0 Å². The first kappa shape index (κ1) is 26.1. The second kappa shape index (κ2) is 10.4. The average Bonchev–Trinajstić information content (AvgIpc) is 3.21. The van der Waals surface area contributed by atoms with Gasteiger partial charge in [0.15, 0.2) is 0 Å². The lowest BCUT2D eigenvalue weighted by molar-refractivity contribution is -0.149. The maximum atomic E-state index is 13.0. The van der Waals surface area contributed by atoms with Crippen LogP contribution in [-0.2, 0) is 23.9 Å². The molecule has 0 bridgehead atoms. The molecule has 2 aliphatic carbocycles. The maximum Gasteiger partial charge on any atom is 0.336 e. The lowest BCUT2D eigenvalue weighted by Crippen LogP contribution is -2.45. The Morgan fingerprint density at radius 3 is 2.56 bits per heavy atom. The van der Waals surface area contributed by atoms with E-state index in [9.17, 15) is 29.7 Å². The van der Waals surface area contributed by atoms with Crippen molar-refractivity contribution in [2.75, 3.05) is 13.2 Å². The van der Waals surface area contributed by atoms with Gasteiger partial charge in [-0.3, -0.25) is 9.59 Å². The number of hydrogen-bond acceptors (Lipinski definition) is 8. The van der Waals surface area contributed by atoms with Crippen molar-refractivity contribution in [3.63, 3.8) is 0 Å². The van der Waals surface area contributed by atoms with E-state index in [1.54, 1.807) is 0 Å². The standard InChI is InChI=1S/C25H35NO8/c1-11(2)6-17(23(29)30)26-9-16-21-19(33-24(31)13(4)10-27)7-12(3)15-8-18(28)14(5)20(15)22(21)34-25(16)32/h11,15-22,26-28H,3-10H2,1-2H3,(H,29,30)/t15-,16-,17?,18-,19-,20-,21+,22+/m0/s1. The summed E-state index contributed by atoms with van der Waals surface area (Å²) in [5, 5.41) is 32.3. The summed E-state index contributed by atoms with van der Waals surface area (Å²) in [5.41, 5.74) is 1.20. The molecule has 34 heavy (non-hydrogen) atoms. The highest BCUT2D eigenvalue weighted by atomic mass is 16.6. The van der Waals surface area contributed by atoms with Crippen LogP contribution in [0.4, 0.5) is 0 Å². The van der Waals surface area contributed by atoms with Gasteiger partial charge in [-0.15, -0.1) is 0 Å². The van der Waals surface area contributed by atoms with E-state index in [1.807, 2.05) is 13.8 Å². The Labute approximate surface area is 199 Å². The summed E-state index contributed by atoms with van der Waals surface area (Å²) in [5.74, 6) is -4.14. The number of rotatable bonds is 9. The maximum absolute atomic E-state index is 13.0. The number of carbonyl (C=O) groups is 3. The van der Waals surface area contributed by atoms with Gasteiger partial charge in [-0.1, -0.05) is 39.2 Å². The number of hydrogen-bond donors (Lipinski definition) is 4. The molecular formula is C25H35NO8. The van der Waals surface area contributed by atoms with Crippen LogP contribution in [0.2, 0.25) is 0 Å². The fourth-order valence-electron chi connectivity index (χ4n) is 5.53. The second-order valence-electron chi connectivity index (χ2n) is 10.0. The van der Waals surface area contributed by atoms with Crippen LogP contribution in [0.1, 0.15) is 33.1 Å². The van der Waals surface area contributed by atoms with Crippen molar-refractivity contribution in [1.29, 1.82) is 0 Å². The van der Waals surface area contributed by atoms with Crippen molar-refractivity contribution in [2.24, 2.45) is 29.6 Å².